The standard InChI is InChI=1S/C18H16BrN3O2/c1-10-11(2)20-16-12(10)7-5-8-14(16)18(24)22-21-17(23)13-6-3-4-9-15(13)19/h3-9,20H,1-2H3,(H,21,23)(H,22,24). The Balaban J connectivity index is 1.80. The fraction of sp³-hybridized carbons (Fsp3) is 0.111. The van der Waals surface area contributed by atoms with Gasteiger partial charge in [-0.2, -0.15) is 0 Å². The fourth-order valence-electron chi connectivity index (χ4n) is 2.57. The number of fused-ring (bicyclic) bond motifs is 1. The van der Waals surface area contributed by atoms with Gasteiger partial charge >= 0.3 is 0 Å². The van der Waals surface area contributed by atoms with Gasteiger partial charge in [-0.05, 0) is 53.5 Å². The summed E-state index contributed by atoms with van der Waals surface area (Å²) in [7, 11) is 0. The number of benzene rings is 2. The van der Waals surface area contributed by atoms with Crippen LogP contribution in [0.2, 0.25) is 0 Å². The number of H-pyrrole nitrogens is 1. The first-order chi connectivity index (χ1) is 11.5. The molecule has 0 unspecified atom stereocenters. The van der Waals surface area contributed by atoms with Crippen molar-refractivity contribution in [2.45, 2.75) is 13.8 Å². The molecule has 122 valence electrons. The van der Waals surface area contributed by atoms with Crippen LogP contribution < -0.4 is 10.9 Å². The summed E-state index contributed by atoms with van der Waals surface area (Å²) in [5, 5.41) is 0.997. The van der Waals surface area contributed by atoms with Gasteiger partial charge in [0, 0.05) is 15.6 Å². The number of rotatable bonds is 2. The average molecular weight is 386 g/mol. The Hall–Kier alpha value is -2.60. The highest BCUT2D eigenvalue weighted by Gasteiger charge is 2.15. The Morgan fingerprint density at radius 1 is 0.917 bits per heavy atom. The smallest absolute Gasteiger partial charge is 0.271 e. The molecule has 0 aliphatic carbocycles. The summed E-state index contributed by atoms with van der Waals surface area (Å²) in [6, 6.07) is 12.5. The monoisotopic (exact) mass is 385 g/mol. The molecular formula is C18H16BrN3O2. The zero-order valence-corrected chi connectivity index (χ0v) is 14.8. The second-order valence-electron chi connectivity index (χ2n) is 5.49. The van der Waals surface area contributed by atoms with Crippen LogP contribution in [0.4, 0.5) is 0 Å². The summed E-state index contributed by atoms with van der Waals surface area (Å²) in [6.45, 7) is 3.97. The molecule has 3 N–H and O–H groups in total. The van der Waals surface area contributed by atoms with Crippen LogP contribution in [-0.4, -0.2) is 16.8 Å². The molecule has 3 rings (SSSR count). The van der Waals surface area contributed by atoms with Crippen molar-refractivity contribution in [3.8, 4) is 0 Å². The van der Waals surface area contributed by atoms with Crippen LogP contribution >= 0.6 is 15.9 Å². The number of halogens is 1. The molecule has 0 atom stereocenters. The van der Waals surface area contributed by atoms with Crippen molar-refractivity contribution in [3.05, 3.63) is 69.3 Å². The minimum absolute atomic E-state index is 0.373. The maximum absolute atomic E-state index is 12.4. The van der Waals surface area contributed by atoms with E-state index < -0.39 is 0 Å². The Kier molecular flexibility index (Phi) is 4.40. The number of hydrazine groups is 1. The number of aryl methyl sites for hydroxylation is 2. The minimum atomic E-state index is -0.387. The van der Waals surface area contributed by atoms with Crippen LogP contribution in [0.3, 0.4) is 0 Å². The van der Waals surface area contributed by atoms with E-state index in [0.717, 1.165) is 22.2 Å². The van der Waals surface area contributed by atoms with Crippen LogP contribution in [0.5, 0.6) is 0 Å². The molecular weight excluding hydrogens is 370 g/mol. The third kappa shape index (κ3) is 2.92. The summed E-state index contributed by atoms with van der Waals surface area (Å²) in [5.41, 5.74) is 8.73. The van der Waals surface area contributed by atoms with E-state index in [0.29, 0.717) is 15.6 Å². The highest BCUT2D eigenvalue weighted by atomic mass is 79.9. The topological polar surface area (TPSA) is 74.0 Å². The number of aromatic amines is 1. The fourth-order valence-corrected chi connectivity index (χ4v) is 3.03. The van der Waals surface area contributed by atoms with Gasteiger partial charge in [-0.25, -0.2) is 0 Å². The first-order valence-corrected chi connectivity index (χ1v) is 8.21. The summed E-state index contributed by atoms with van der Waals surface area (Å²) in [6.07, 6.45) is 0. The first kappa shape index (κ1) is 16.3. The number of amides is 2. The summed E-state index contributed by atoms with van der Waals surface area (Å²) >= 11 is 3.31. The number of aromatic nitrogens is 1. The van der Waals surface area contributed by atoms with E-state index in [4.69, 9.17) is 0 Å². The van der Waals surface area contributed by atoms with Crippen LogP contribution in [0.15, 0.2) is 46.9 Å². The van der Waals surface area contributed by atoms with Gasteiger partial charge in [0.2, 0.25) is 0 Å². The van der Waals surface area contributed by atoms with E-state index in [-0.39, 0.29) is 11.8 Å². The van der Waals surface area contributed by atoms with Crippen LogP contribution in [0.25, 0.3) is 10.9 Å². The second-order valence-corrected chi connectivity index (χ2v) is 6.35. The molecule has 1 heterocycles. The van der Waals surface area contributed by atoms with Gasteiger partial charge in [0.15, 0.2) is 0 Å². The van der Waals surface area contributed by atoms with Crippen molar-refractivity contribution < 1.29 is 9.59 Å². The summed E-state index contributed by atoms with van der Waals surface area (Å²) in [5.74, 6) is -0.760. The number of para-hydroxylation sites is 1. The summed E-state index contributed by atoms with van der Waals surface area (Å²) in [4.78, 5) is 27.8. The van der Waals surface area contributed by atoms with Gasteiger partial charge in [0.1, 0.15) is 0 Å². The molecule has 2 aromatic carbocycles. The Morgan fingerprint density at radius 2 is 1.54 bits per heavy atom. The largest absolute Gasteiger partial charge is 0.358 e. The van der Waals surface area contributed by atoms with Crippen molar-refractivity contribution in [2.24, 2.45) is 0 Å². The minimum Gasteiger partial charge on any atom is -0.358 e. The number of carbonyl (C=O) groups is 2. The van der Waals surface area contributed by atoms with E-state index in [1.165, 1.54) is 0 Å². The number of nitrogens with one attached hydrogen (secondary N) is 3. The van der Waals surface area contributed by atoms with E-state index in [1.807, 2.05) is 32.0 Å². The molecule has 0 bridgehead atoms. The van der Waals surface area contributed by atoms with Crippen LogP contribution in [-0.2, 0) is 0 Å². The van der Waals surface area contributed by atoms with Crippen LogP contribution in [0.1, 0.15) is 32.0 Å². The molecule has 0 saturated heterocycles. The molecule has 0 aliphatic heterocycles. The number of carbonyl (C=O) groups excluding carboxylic acids is 2. The zero-order chi connectivity index (χ0) is 17.3. The predicted octanol–water partition coefficient (Wildman–Crippen LogP) is 3.62. The molecule has 2 amide bonds. The van der Waals surface area contributed by atoms with Gasteiger partial charge < -0.3 is 4.98 Å². The van der Waals surface area contributed by atoms with E-state index in [1.54, 1.807) is 24.3 Å². The van der Waals surface area contributed by atoms with Crippen LogP contribution in [0, 0.1) is 13.8 Å². The van der Waals surface area contributed by atoms with Gasteiger partial charge in [0.25, 0.3) is 11.8 Å². The molecule has 0 saturated carbocycles. The van der Waals surface area contributed by atoms with Gasteiger partial charge in [-0.1, -0.05) is 24.3 Å². The quantitative estimate of drug-likeness (QED) is 0.589. The molecule has 24 heavy (non-hydrogen) atoms. The van der Waals surface area contributed by atoms with Crippen molar-refractivity contribution >= 4 is 38.6 Å². The van der Waals surface area contributed by atoms with E-state index >= 15 is 0 Å². The second kappa shape index (κ2) is 6.49. The predicted molar refractivity (Wildman–Crippen MR) is 96.8 cm³/mol. The molecule has 3 aromatic rings. The third-order valence-corrected chi connectivity index (χ3v) is 4.69. The Bertz CT molecular complexity index is 947. The Morgan fingerprint density at radius 3 is 2.25 bits per heavy atom. The average Bonchev–Trinajstić information content (AvgIpc) is 2.87. The SMILES string of the molecule is Cc1[nH]c2c(C(=O)NNC(=O)c3ccccc3Br)cccc2c1C. The third-order valence-electron chi connectivity index (χ3n) is 4.00. The van der Waals surface area contributed by atoms with E-state index in [9.17, 15) is 9.59 Å². The lowest BCUT2D eigenvalue weighted by atomic mass is 10.1. The van der Waals surface area contributed by atoms with Crippen molar-refractivity contribution in [2.75, 3.05) is 0 Å². The normalized spacial score (nSPS) is 10.6. The first-order valence-electron chi connectivity index (χ1n) is 7.42. The zero-order valence-electron chi connectivity index (χ0n) is 13.2. The van der Waals surface area contributed by atoms with Crippen molar-refractivity contribution in [1.29, 1.82) is 0 Å². The lowest BCUT2D eigenvalue weighted by Crippen LogP contribution is -2.41. The van der Waals surface area contributed by atoms with E-state index in [2.05, 4.69) is 31.8 Å². The van der Waals surface area contributed by atoms with Gasteiger partial charge in [-0.3, -0.25) is 20.4 Å². The number of hydrogen-bond donors (Lipinski definition) is 3. The molecule has 5 nitrogen and oxygen atoms in total. The molecule has 0 spiro atoms. The molecule has 0 radical (unpaired) electrons. The van der Waals surface area contributed by atoms with Crippen molar-refractivity contribution in [1.82, 2.24) is 15.8 Å². The van der Waals surface area contributed by atoms with Gasteiger partial charge in [0.05, 0.1) is 16.6 Å². The van der Waals surface area contributed by atoms with Crippen molar-refractivity contribution in [3.63, 3.8) is 0 Å². The molecule has 1 aromatic heterocycles. The highest BCUT2D eigenvalue weighted by molar-refractivity contribution is 9.10. The summed E-state index contributed by atoms with van der Waals surface area (Å²) < 4.78 is 0.662. The maximum atomic E-state index is 12.4. The van der Waals surface area contributed by atoms with Gasteiger partial charge in [-0.15, -0.1) is 0 Å². The maximum Gasteiger partial charge on any atom is 0.271 e. The highest BCUT2D eigenvalue weighted by Crippen LogP contribution is 2.24. The Labute approximate surface area is 147 Å². The molecule has 0 aliphatic rings. The molecule has 0 fully saturated rings. The lowest BCUT2D eigenvalue weighted by molar-refractivity contribution is 0.0847. The number of hydrogen-bond acceptors (Lipinski definition) is 2. The lowest BCUT2D eigenvalue weighted by Gasteiger charge is -2.09. The molecule has 6 heteroatoms.